The lowest BCUT2D eigenvalue weighted by Crippen LogP contribution is -2.22. The van der Waals surface area contributed by atoms with E-state index in [1.165, 1.54) is 27.3 Å². The minimum absolute atomic E-state index is 0.0671. The first-order chi connectivity index (χ1) is 12.6. The largest absolute Gasteiger partial charge is 0.497 e. The van der Waals surface area contributed by atoms with Crippen LogP contribution in [0.15, 0.2) is 40.0 Å². The minimum atomic E-state index is -4.02. The molecule has 2 aromatic rings. The number of benzene rings is 1. The maximum absolute atomic E-state index is 13.3. The summed E-state index contributed by atoms with van der Waals surface area (Å²) in [6.07, 6.45) is 1.50. The third-order valence-corrected chi connectivity index (χ3v) is 6.16. The van der Waals surface area contributed by atoms with E-state index in [9.17, 15) is 13.2 Å². The van der Waals surface area contributed by atoms with E-state index in [1.54, 1.807) is 25.1 Å². The summed E-state index contributed by atoms with van der Waals surface area (Å²) < 4.78 is 32.9. The van der Waals surface area contributed by atoms with Gasteiger partial charge < -0.3 is 15.6 Å². The zero-order chi connectivity index (χ0) is 20.4. The fourth-order valence-corrected chi connectivity index (χ4v) is 4.64. The molecule has 0 spiro atoms. The number of nitrogens with two attached hydrogens (primary N) is 1. The summed E-state index contributed by atoms with van der Waals surface area (Å²) in [6.45, 7) is 3.07. The second kappa shape index (κ2) is 7.83. The van der Waals surface area contributed by atoms with Gasteiger partial charge >= 0.3 is 5.97 Å². The molecule has 0 saturated heterocycles. The Morgan fingerprint density at radius 2 is 2.00 bits per heavy atom. The van der Waals surface area contributed by atoms with E-state index < -0.39 is 16.0 Å². The number of carbonyl (C=O) groups is 1. The first-order valence-corrected chi connectivity index (χ1v) is 9.63. The molecule has 27 heavy (non-hydrogen) atoms. The summed E-state index contributed by atoms with van der Waals surface area (Å²) in [5, 5.41) is 9.60. The number of aromatic nitrogens is 1. The van der Waals surface area contributed by atoms with E-state index in [2.05, 4.69) is 4.99 Å². The Bertz CT molecular complexity index is 1040. The van der Waals surface area contributed by atoms with Gasteiger partial charge in [-0.25, -0.2) is 12.4 Å². The minimum Gasteiger partial charge on any atom is -0.497 e. The third kappa shape index (κ3) is 3.97. The molecular weight excluding hydrogens is 370 g/mol. The van der Waals surface area contributed by atoms with E-state index in [0.29, 0.717) is 22.2 Å². The van der Waals surface area contributed by atoms with E-state index >= 15 is 0 Å². The Labute approximate surface area is 158 Å². The van der Waals surface area contributed by atoms with Gasteiger partial charge in [0.05, 0.1) is 18.3 Å². The Kier molecular flexibility index (Phi) is 5.94. The maximum atomic E-state index is 13.3. The maximum Gasteiger partial charge on any atom is 0.303 e. The summed E-state index contributed by atoms with van der Waals surface area (Å²) in [7, 11) is -1.03. The lowest BCUT2D eigenvalue weighted by Gasteiger charge is -2.13. The van der Waals surface area contributed by atoms with Crippen molar-refractivity contribution in [2.45, 2.75) is 26.7 Å². The molecule has 0 atom stereocenters. The van der Waals surface area contributed by atoms with Crippen LogP contribution in [0.2, 0.25) is 0 Å². The first-order valence-electron chi connectivity index (χ1n) is 8.19. The second-order valence-corrected chi connectivity index (χ2v) is 7.80. The lowest BCUT2D eigenvalue weighted by atomic mass is 10.1. The van der Waals surface area contributed by atoms with Crippen molar-refractivity contribution in [3.63, 3.8) is 0 Å². The molecule has 8 nitrogen and oxygen atoms in total. The number of carboxylic acid groups (broad SMARTS) is 1. The number of hydrogen-bond acceptors (Lipinski definition) is 6. The van der Waals surface area contributed by atoms with Crippen molar-refractivity contribution in [3.05, 3.63) is 40.6 Å². The van der Waals surface area contributed by atoms with Crippen LogP contribution < -0.4 is 10.5 Å². The molecule has 0 amide bonds. The molecule has 1 aromatic carbocycles. The van der Waals surface area contributed by atoms with Crippen LogP contribution in [-0.4, -0.2) is 43.3 Å². The van der Waals surface area contributed by atoms with Crippen molar-refractivity contribution in [2.24, 2.45) is 10.7 Å². The van der Waals surface area contributed by atoms with Crippen LogP contribution >= 0.6 is 0 Å². The molecule has 3 N–H and O–H groups in total. The van der Waals surface area contributed by atoms with E-state index in [1.807, 2.05) is 0 Å². The number of aryl methyl sites for hydroxylation is 1. The summed E-state index contributed by atoms with van der Waals surface area (Å²) in [5.41, 5.74) is 7.26. The predicted octanol–water partition coefficient (Wildman–Crippen LogP) is 2.13. The summed E-state index contributed by atoms with van der Waals surface area (Å²) in [6, 6.07) is 4.96. The Balaban J connectivity index is 2.78. The van der Waals surface area contributed by atoms with Gasteiger partial charge in [0.1, 0.15) is 10.7 Å². The fraction of sp³-hybridized carbons (Fsp3) is 0.333. The van der Waals surface area contributed by atoms with Crippen LogP contribution in [0.4, 0.5) is 0 Å². The number of aliphatic carboxylic acids is 1. The fourth-order valence-electron chi connectivity index (χ4n) is 2.89. The van der Waals surface area contributed by atoms with Gasteiger partial charge in [0.2, 0.25) is 0 Å². The third-order valence-electron chi connectivity index (χ3n) is 4.21. The van der Waals surface area contributed by atoms with E-state index in [4.69, 9.17) is 15.6 Å². The van der Waals surface area contributed by atoms with E-state index in [-0.39, 0.29) is 29.2 Å². The molecule has 0 aliphatic rings. The molecule has 0 bridgehead atoms. The van der Waals surface area contributed by atoms with Gasteiger partial charge in [-0.3, -0.25) is 9.79 Å². The SMILES string of the molecule is CN=C(C)C(=C(C)N)S(=O)(=O)n1cc(CCC(=O)O)c2cc(OC)ccc21. The van der Waals surface area contributed by atoms with Crippen molar-refractivity contribution < 1.29 is 23.1 Å². The molecule has 0 aliphatic heterocycles. The average Bonchev–Trinajstić information content (AvgIpc) is 2.97. The highest BCUT2D eigenvalue weighted by molar-refractivity contribution is 7.95. The van der Waals surface area contributed by atoms with Crippen molar-refractivity contribution in [1.29, 1.82) is 0 Å². The molecule has 9 heteroatoms. The quantitative estimate of drug-likeness (QED) is 0.695. The highest BCUT2D eigenvalue weighted by Crippen LogP contribution is 2.30. The number of ether oxygens (including phenoxy) is 1. The second-order valence-electron chi connectivity index (χ2n) is 6.05. The molecule has 0 fully saturated rings. The normalized spacial score (nSPS) is 13.6. The molecule has 0 unspecified atom stereocenters. The molecular formula is C18H23N3O5S. The van der Waals surface area contributed by atoms with Crippen LogP contribution in [0.5, 0.6) is 5.75 Å². The molecule has 146 valence electrons. The molecule has 0 saturated carbocycles. The van der Waals surface area contributed by atoms with Gasteiger partial charge in [-0.2, -0.15) is 0 Å². The zero-order valence-corrected chi connectivity index (χ0v) is 16.5. The van der Waals surface area contributed by atoms with E-state index in [0.717, 1.165) is 3.97 Å². The monoisotopic (exact) mass is 393 g/mol. The van der Waals surface area contributed by atoms with Gasteiger partial charge in [-0.15, -0.1) is 0 Å². The number of rotatable bonds is 7. The van der Waals surface area contributed by atoms with Crippen LogP contribution in [0, 0.1) is 0 Å². The van der Waals surface area contributed by atoms with Crippen molar-refractivity contribution in [3.8, 4) is 5.75 Å². The number of fused-ring (bicyclic) bond motifs is 1. The Hall–Kier alpha value is -2.81. The molecule has 0 radical (unpaired) electrons. The predicted molar refractivity (Wildman–Crippen MR) is 105 cm³/mol. The number of carboxylic acids is 1. The van der Waals surface area contributed by atoms with Gasteiger partial charge in [0, 0.05) is 30.7 Å². The number of nitrogens with zero attached hydrogens (tertiary/aromatic N) is 2. The standard InChI is InChI=1S/C18H23N3O5S/c1-11(19)18(12(2)20-3)27(24,25)21-10-13(5-8-17(22)23)15-9-14(26-4)6-7-16(15)21/h6-7,9-10H,5,8,19H2,1-4H3,(H,22,23). The Morgan fingerprint density at radius 3 is 2.52 bits per heavy atom. The van der Waals surface area contributed by atoms with Crippen LogP contribution in [0.25, 0.3) is 10.9 Å². The van der Waals surface area contributed by atoms with Crippen LogP contribution in [0.3, 0.4) is 0 Å². The van der Waals surface area contributed by atoms with Gasteiger partial charge in [-0.1, -0.05) is 0 Å². The Morgan fingerprint density at radius 1 is 1.33 bits per heavy atom. The number of aliphatic imine (C=N–C) groups is 1. The summed E-state index contributed by atoms with van der Waals surface area (Å²) in [5.74, 6) is -0.416. The zero-order valence-electron chi connectivity index (χ0n) is 15.7. The van der Waals surface area contributed by atoms with Gasteiger partial charge in [0.15, 0.2) is 0 Å². The number of methoxy groups -OCH3 is 1. The molecule has 1 heterocycles. The van der Waals surface area contributed by atoms with Gasteiger partial charge in [0.25, 0.3) is 10.0 Å². The highest BCUT2D eigenvalue weighted by Gasteiger charge is 2.27. The van der Waals surface area contributed by atoms with Crippen molar-refractivity contribution in [2.75, 3.05) is 14.2 Å². The van der Waals surface area contributed by atoms with Gasteiger partial charge in [-0.05, 0) is 44.0 Å². The topological polar surface area (TPSA) is 124 Å². The first kappa shape index (κ1) is 20.5. The number of hydrogen-bond donors (Lipinski definition) is 2. The molecule has 1 aromatic heterocycles. The smallest absolute Gasteiger partial charge is 0.303 e. The summed E-state index contributed by atoms with van der Waals surface area (Å²) >= 11 is 0. The lowest BCUT2D eigenvalue weighted by molar-refractivity contribution is -0.136. The van der Waals surface area contributed by atoms with Crippen LogP contribution in [-0.2, 0) is 21.2 Å². The summed E-state index contributed by atoms with van der Waals surface area (Å²) in [4.78, 5) is 14.9. The van der Waals surface area contributed by atoms with Crippen molar-refractivity contribution >= 4 is 32.6 Å². The molecule has 2 rings (SSSR count). The average molecular weight is 393 g/mol. The number of allylic oxidation sites excluding steroid dienone is 2. The highest BCUT2D eigenvalue weighted by atomic mass is 32.2. The van der Waals surface area contributed by atoms with Crippen LogP contribution in [0.1, 0.15) is 25.8 Å². The molecule has 0 aliphatic carbocycles. The van der Waals surface area contributed by atoms with Crippen molar-refractivity contribution in [1.82, 2.24) is 3.97 Å².